The van der Waals surface area contributed by atoms with E-state index in [1.165, 1.54) is 38.5 Å². The van der Waals surface area contributed by atoms with E-state index < -0.39 is 33.7 Å². The second kappa shape index (κ2) is 17.6. The van der Waals surface area contributed by atoms with Crippen LogP contribution in [0.15, 0.2) is 0 Å². The Balaban J connectivity index is -0.000000354. The van der Waals surface area contributed by atoms with Crippen LogP contribution in [0, 0.1) is 6.61 Å². The standard InChI is InChI=1S/C10H21O.C4H6O7S.Na/c1-3-5-6-7-8-9-10-11-4-2;5-3(6)1-2(4(7)8)12(9,10)11;/h4H,3,5-10H2,1-2H3;2H,1H2,(H,5,6)(H,7,8)(H,9,10,11);/q-1;;+1. The minimum absolute atomic E-state index is 0. The maximum atomic E-state index is 10.2. The number of carboxylic acid groups (broad SMARTS) is 2. The van der Waals surface area contributed by atoms with E-state index in [4.69, 9.17) is 19.5 Å². The number of carbonyl (C=O) groups is 2. The van der Waals surface area contributed by atoms with Gasteiger partial charge in [0.25, 0.3) is 10.1 Å². The Hall–Kier alpha value is -0.190. The molecule has 0 saturated heterocycles. The Morgan fingerprint density at radius 2 is 1.58 bits per heavy atom. The summed E-state index contributed by atoms with van der Waals surface area (Å²) in [6.45, 7) is 6.85. The average Bonchev–Trinajstić information content (AvgIpc) is 2.43. The third-order valence-corrected chi connectivity index (χ3v) is 3.86. The molecule has 0 rings (SSSR count). The van der Waals surface area contributed by atoms with Crippen molar-refractivity contribution in [3.05, 3.63) is 6.61 Å². The van der Waals surface area contributed by atoms with Crippen LogP contribution in [0.4, 0.5) is 0 Å². The molecular formula is C14H27NaO8S. The van der Waals surface area contributed by atoms with Gasteiger partial charge in [-0.3, -0.25) is 14.1 Å². The second-order valence-electron chi connectivity index (χ2n) is 4.81. The quantitative estimate of drug-likeness (QED) is 0.176. The summed E-state index contributed by atoms with van der Waals surface area (Å²) in [5, 5.41) is 13.9. The molecule has 0 saturated carbocycles. The normalized spacial score (nSPS) is 11.6. The van der Waals surface area contributed by atoms with Crippen LogP contribution in [0.1, 0.15) is 58.8 Å². The molecule has 1 atom stereocenters. The zero-order chi connectivity index (χ0) is 18.3. The largest absolute Gasteiger partial charge is 1.00 e. The fourth-order valence-electron chi connectivity index (χ4n) is 1.56. The van der Waals surface area contributed by atoms with Crippen molar-refractivity contribution < 1.29 is 67.1 Å². The first-order chi connectivity index (χ1) is 10.7. The molecule has 0 amide bonds. The van der Waals surface area contributed by atoms with Crippen LogP contribution >= 0.6 is 0 Å². The monoisotopic (exact) mass is 378 g/mol. The Morgan fingerprint density at radius 3 is 1.92 bits per heavy atom. The fraction of sp³-hybridized carbons (Fsp3) is 0.786. The summed E-state index contributed by atoms with van der Waals surface area (Å²) < 4.78 is 33.8. The summed E-state index contributed by atoms with van der Waals surface area (Å²) in [5.74, 6) is -3.50. The molecule has 0 radical (unpaired) electrons. The van der Waals surface area contributed by atoms with Crippen LogP contribution in [0.3, 0.4) is 0 Å². The topological polar surface area (TPSA) is 138 Å². The first kappa shape index (κ1) is 28.6. The minimum Gasteiger partial charge on any atom is -0.552 e. The first-order valence-electron chi connectivity index (χ1n) is 7.47. The molecule has 1 unspecified atom stereocenters. The summed E-state index contributed by atoms with van der Waals surface area (Å²) in [5.41, 5.74) is 0. The van der Waals surface area contributed by atoms with Gasteiger partial charge in [-0.2, -0.15) is 15.3 Å². The van der Waals surface area contributed by atoms with Crippen molar-refractivity contribution in [2.75, 3.05) is 6.61 Å². The molecule has 0 fully saturated rings. The van der Waals surface area contributed by atoms with Crippen molar-refractivity contribution in [2.45, 2.75) is 64.0 Å². The van der Waals surface area contributed by atoms with E-state index >= 15 is 0 Å². The van der Waals surface area contributed by atoms with Crippen molar-refractivity contribution in [2.24, 2.45) is 0 Å². The van der Waals surface area contributed by atoms with Crippen LogP contribution in [0.25, 0.3) is 0 Å². The van der Waals surface area contributed by atoms with E-state index in [1.54, 1.807) is 6.61 Å². The van der Waals surface area contributed by atoms with Crippen molar-refractivity contribution in [1.82, 2.24) is 0 Å². The molecule has 138 valence electrons. The Morgan fingerprint density at radius 1 is 1.08 bits per heavy atom. The first-order valence-corrected chi connectivity index (χ1v) is 8.97. The molecule has 0 aromatic carbocycles. The van der Waals surface area contributed by atoms with Crippen LogP contribution < -0.4 is 29.6 Å². The predicted molar refractivity (Wildman–Crippen MR) is 84.5 cm³/mol. The number of hydrogen-bond donors (Lipinski definition) is 3. The zero-order valence-corrected chi connectivity index (χ0v) is 17.4. The molecule has 0 aliphatic heterocycles. The molecule has 10 heteroatoms. The number of hydrogen-bond acceptors (Lipinski definition) is 5. The number of ether oxygens (including phenoxy) is 1. The van der Waals surface area contributed by atoms with E-state index in [9.17, 15) is 18.0 Å². The summed E-state index contributed by atoms with van der Waals surface area (Å²) >= 11 is 0. The smallest absolute Gasteiger partial charge is 0.552 e. The number of rotatable bonds is 12. The summed E-state index contributed by atoms with van der Waals surface area (Å²) in [4.78, 5) is 20.0. The SMILES string of the molecule is C[CH-]OCCCCCCCC.O=C(O)CC(C(=O)O)S(=O)(=O)O.[Na+]. The molecular weight excluding hydrogens is 351 g/mol. The van der Waals surface area contributed by atoms with Gasteiger partial charge in [-0.15, -0.1) is 0 Å². The van der Waals surface area contributed by atoms with Gasteiger partial charge in [0.15, 0.2) is 5.25 Å². The average molecular weight is 378 g/mol. The van der Waals surface area contributed by atoms with Crippen molar-refractivity contribution in [3.63, 3.8) is 0 Å². The Labute approximate surface area is 166 Å². The summed E-state index contributed by atoms with van der Waals surface area (Å²) in [6, 6.07) is 0. The van der Waals surface area contributed by atoms with Gasteiger partial charge in [0, 0.05) is 6.61 Å². The van der Waals surface area contributed by atoms with Crippen LogP contribution in [0.2, 0.25) is 0 Å². The van der Waals surface area contributed by atoms with Crippen molar-refractivity contribution in [1.29, 1.82) is 0 Å². The molecule has 8 nitrogen and oxygen atoms in total. The molecule has 0 heterocycles. The molecule has 0 aromatic heterocycles. The molecule has 24 heavy (non-hydrogen) atoms. The number of unbranched alkanes of at least 4 members (excludes halogenated alkanes) is 5. The molecule has 0 aromatic rings. The van der Waals surface area contributed by atoms with Crippen molar-refractivity contribution >= 4 is 22.1 Å². The maximum absolute atomic E-state index is 10.2. The Bertz CT molecular complexity index is 416. The second-order valence-corrected chi connectivity index (χ2v) is 6.41. The van der Waals surface area contributed by atoms with Gasteiger partial charge in [-0.05, 0) is 6.42 Å². The zero-order valence-electron chi connectivity index (χ0n) is 14.6. The van der Waals surface area contributed by atoms with E-state index in [2.05, 4.69) is 6.92 Å². The van der Waals surface area contributed by atoms with Gasteiger partial charge < -0.3 is 14.9 Å². The number of carboxylic acids is 2. The third-order valence-electron chi connectivity index (χ3n) is 2.78. The van der Waals surface area contributed by atoms with Gasteiger partial charge >= 0.3 is 41.5 Å². The summed E-state index contributed by atoms with van der Waals surface area (Å²) in [6.07, 6.45) is 6.88. The summed E-state index contributed by atoms with van der Waals surface area (Å²) in [7, 11) is -4.84. The van der Waals surface area contributed by atoms with E-state index in [0.717, 1.165) is 6.61 Å². The van der Waals surface area contributed by atoms with Crippen LogP contribution in [-0.4, -0.2) is 47.0 Å². The van der Waals surface area contributed by atoms with E-state index in [0.29, 0.717) is 0 Å². The maximum Gasteiger partial charge on any atom is 1.00 e. The number of aliphatic carboxylic acids is 2. The fourth-order valence-corrected chi connectivity index (χ4v) is 2.17. The van der Waals surface area contributed by atoms with Gasteiger partial charge in [-0.1, -0.05) is 39.0 Å². The molecule has 0 spiro atoms. The third kappa shape index (κ3) is 19.9. The van der Waals surface area contributed by atoms with Gasteiger partial charge in [0.1, 0.15) is 0 Å². The molecule has 0 bridgehead atoms. The van der Waals surface area contributed by atoms with Crippen LogP contribution in [-0.2, 0) is 24.4 Å². The van der Waals surface area contributed by atoms with E-state index in [1.807, 2.05) is 6.92 Å². The molecule has 3 N–H and O–H groups in total. The van der Waals surface area contributed by atoms with Crippen molar-refractivity contribution in [3.8, 4) is 0 Å². The van der Waals surface area contributed by atoms with Gasteiger partial charge in [0.05, 0.1) is 6.42 Å². The van der Waals surface area contributed by atoms with Gasteiger partial charge in [-0.25, -0.2) is 6.61 Å². The minimum atomic E-state index is -4.84. The van der Waals surface area contributed by atoms with E-state index in [-0.39, 0.29) is 29.6 Å². The molecule has 0 aliphatic rings. The molecule has 0 aliphatic carbocycles. The van der Waals surface area contributed by atoms with Crippen LogP contribution in [0.5, 0.6) is 0 Å². The Kier molecular flexibility index (Phi) is 21.0. The van der Waals surface area contributed by atoms with Gasteiger partial charge in [0.2, 0.25) is 0 Å². The predicted octanol–water partition coefficient (Wildman–Crippen LogP) is -0.649.